The summed E-state index contributed by atoms with van der Waals surface area (Å²) >= 11 is 3.23. The molecule has 0 aliphatic heterocycles. The number of nitrogen functional groups attached to an aromatic ring is 1. The molecule has 0 bridgehead atoms. The van der Waals surface area contributed by atoms with Gasteiger partial charge < -0.3 is 15.8 Å². The van der Waals surface area contributed by atoms with E-state index in [9.17, 15) is 18.0 Å². The van der Waals surface area contributed by atoms with Crippen molar-refractivity contribution in [2.75, 3.05) is 11.1 Å². The third-order valence-corrected chi connectivity index (χ3v) is 3.10. The third kappa shape index (κ3) is 4.39. The number of hydrogen-bond acceptors (Lipinski definition) is 3. The average molecular weight is 375 g/mol. The summed E-state index contributed by atoms with van der Waals surface area (Å²) in [6.07, 6.45) is -4.75. The molecule has 0 fully saturated rings. The van der Waals surface area contributed by atoms with Gasteiger partial charge in [0.25, 0.3) is 5.91 Å². The molecule has 8 heteroatoms. The number of anilines is 2. The molecule has 2 aromatic rings. The Bertz CT molecular complexity index is 687. The number of carbonyl (C=O) groups is 1. The Morgan fingerprint density at radius 2 is 1.77 bits per heavy atom. The Hall–Kier alpha value is -2.22. The minimum absolute atomic E-state index is 0.263. The van der Waals surface area contributed by atoms with Crippen molar-refractivity contribution < 1.29 is 22.7 Å². The maximum atomic E-state index is 12.0. The predicted molar refractivity (Wildman–Crippen MR) is 79.6 cm³/mol. The van der Waals surface area contributed by atoms with E-state index in [1.54, 1.807) is 12.1 Å². The second kappa shape index (κ2) is 6.27. The van der Waals surface area contributed by atoms with Crippen LogP contribution in [0.25, 0.3) is 0 Å². The first kappa shape index (κ1) is 16.2. The van der Waals surface area contributed by atoms with Crippen molar-refractivity contribution in [3.05, 3.63) is 52.5 Å². The first-order valence-corrected chi connectivity index (χ1v) is 6.76. The van der Waals surface area contributed by atoms with E-state index in [1.165, 1.54) is 18.2 Å². The van der Waals surface area contributed by atoms with Crippen LogP contribution in [0.1, 0.15) is 10.4 Å². The number of amides is 1. The minimum Gasteiger partial charge on any atom is -0.406 e. The van der Waals surface area contributed by atoms with Gasteiger partial charge in [-0.25, -0.2) is 0 Å². The normalized spacial score (nSPS) is 11.1. The van der Waals surface area contributed by atoms with Gasteiger partial charge in [0.2, 0.25) is 0 Å². The van der Waals surface area contributed by atoms with Gasteiger partial charge in [0.15, 0.2) is 0 Å². The van der Waals surface area contributed by atoms with Crippen LogP contribution in [-0.2, 0) is 0 Å². The predicted octanol–water partition coefficient (Wildman–Crippen LogP) is 4.18. The molecule has 116 valence electrons. The lowest BCUT2D eigenvalue weighted by Crippen LogP contribution is -2.17. The van der Waals surface area contributed by atoms with Crippen LogP contribution in [0.15, 0.2) is 46.9 Å². The fourth-order valence-electron chi connectivity index (χ4n) is 1.68. The Morgan fingerprint density at radius 1 is 1.14 bits per heavy atom. The molecule has 0 atom stereocenters. The fraction of sp³-hybridized carbons (Fsp3) is 0.0714. The second-order valence-corrected chi connectivity index (χ2v) is 5.17. The van der Waals surface area contributed by atoms with Gasteiger partial charge in [-0.05, 0) is 42.5 Å². The summed E-state index contributed by atoms with van der Waals surface area (Å²) in [6, 6.07) is 9.58. The number of ether oxygens (including phenoxy) is 1. The summed E-state index contributed by atoms with van der Waals surface area (Å²) in [6.45, 7) is 0. The number of nitrogens with one attached hydrogen (secondary N) is 1. The lowest BCUT2D eigenvalue weighted by atomic mass is 10.1. The molecule has 0 radical (unpaired) electrons. The topological polar surface area (TPSA) is 64.4 Å². The number of carbonyl (C=O) groups excluding carboxylic acids is 1. The number of benzene rings is 2. The van der Waals surface area contributed by atoms with Crippen molar-refractivity contribution in [3.8, 4) is 5.75 Å². The zero-order chi connectivity index (χ0) is 16.3. The SMILES string of the molecule is Nc1cc(Br)ccc1C(=O)Nc1ccc(OC(F)(F)F)cc1. The van der Waals surface area contributed by atoms with Crippen LogP contribution in [0.5, 0.6) is 5.75 Å². The molecule has 2 rings (SSSR count). The Morgan fingerprint density at radius 3 is 2.32 bits per heavy atom. The summed E-state index contributed by atoms with van der Waals surface area (Å²) in [5.74, 6) is -0.830. The molecule has 0 aliphatic carbocycles. The first-order chi connectivity index (χ1) is 10.2. The van der Waals surface area contributed by atoms with Crippen LogP contribution >= 0.6 is 15.9 Å². The van der Waals surface area contributed by atoms with Crippen LogP contribution in [0.2, 0.25) is 0 Å². The molecule has 0 aromatic heterocycles. The summed E-state index contributed by atoms with van der Waals surface area (Å²) < 4.78 is 40.6. The molecule has 22 heavy (non-hydrogen) atoms. The van der Waals surface area contributed by atoms with Gasteiger partial charge >= 0.3 is 6.36 Å². The monoisotopic (exact) mass is 374 g/mol. The zero-order valence-corrected chi connectivity index (χ0v) is 12.5. The molecule has 1 amide bonds. The molecule has 0 saturated heterocycles. The zero-order valence-electron chi connectivity index (χ0n) is 10.9. The third-order valence-electron chi connectivity index (χ3n) is 2.60. The lowest BCUT2D eigenvalue weighted by molar-refractivity contribution is -0.274. The minimum atomic E-state index is -4.75. The molecule has 4 nitrogen and oxygen atoms in total. The number of nitrogens with two attached hydrogens (primary N) is 1. The molecule has 0 saturated carbocycles. The molecule has 0 heterocycles. The summed E-state index contributed by atoms with van der Waals surface area (Å²) in [7, 11) is 0. The lowest BCUT2D eigenvalue weighted by Gasteiger charge is -2.10. The van der Waals surface area contributed by atoms with Gasteiger partial charge in [0, 0.05) is 15.8 Å². The number of alkyl halides is 3. The van der Waals surface area contributed by atoms with Crippen LogP contribution in [-0.4, -0.2) is 12.3 Å². The quantitative estimate of drug-likeness (QED) is 0.792. The van der Waals surface area contributed by atoms with E-state index in [1.807, 2.05) is 0 Å². The van der Waals surface area contributed by atoms with Crippen LogP contribution < -0.4 is 15.8 Å². The van der Waals surface area contributed by atoms with Crippen LogP contribution in [0.3, 0.4) is 0 Å². The number of rotatable bonds is 3. The molecule has 0 unspecified atom stereocenters. The Labute approximate surface area is 132 Å². The van der Waals surface area contributed by atoms with Gasteiger partial charge in [-0.2, -0.15) is 0 Å². The Balaban J connectivity index is 2.09. The van der Waals surface area contributed by atoms with Gasteiger partial charge in [0.1, 0.15) is 5.75 Å². The van der Waals surface area contributed by atoms with Crippen molar-refractivity contribution >= 4 is 33.2 Å². The fourth-order valence-corrected chi connectivity index (χ4v) is 2.06. The largest absolute Gasteiger partial charge is 0.573 e. The summed E-state index contributed by atoms with van der Waals surface area (Å²) in [4.78, 5) is 12.0. The van der Waals surface area contributed by atoms with E-state index in [-0.39, 0.29) is 17.0 Å². The molecular formula is C14H10BrF3N2O2. The molecule has 0 spiro atoms. The Kier molecular flexibility index (Phi) is 4.60. The second-order valence-electron chi connectivity index (χ2n) is 4.26. The number of halogens is 4. The highest BCUT2D eigenvalue weighted by atomic mass is 79.9. The molecule has 0 aliphatic rings. The summed E-state index contributed by atoms with van der Waals surface area (Å²) in [5.41, 5.74) is 6.60. The maximum Gasteiger partial charge on any atom is 0.573 e. The van der Waals surface area contributed by atoms with Crippen molar-refractivity contribution in [3.63, 3.8) is 0 Å². The molecule has 3 N–H and O–H groups in total. The van der Waals surface area contributed by atoms with Gasteiger partial charge in [-0.3, -0.25) is 4.79 Å². The van der Waals surface area contributed by atoms with Crippen LogP contribution in [0.4, 0.5) is 24.5 Å². The van der Waals surface area contributed by atoms with Crippen molar-refractivity contribution in [1.29, 1.82) is 0 Å². The van der Waals surface area contributed by atoms with E-state index in [0.717, 1.165) is 16.6 Å². The average Bonchev–Trinajstić information content (AvgIpc) is 2.39. The number of hydrogen-bond donors (Lipinski definition) is 2. The van der Waals surface area contributed by atoms with E-state index in [4.69, 9.17) is 5.73 Å². The van der Waals surface area contributed by atoms with Crippen molar-refractivity contribution in [2.24, 2.45) is 0 Å². The van der Waals surface area contributed by atoms with Gasteiger partial charge in [-0.1, -0.05) is 15.9 Å². The van der Waals surface area contributed by atoms with Crippen molar-refractivity contribution in [2.45, 2.75) is 6.36 Å². The molecular weight excluding hydrogens is 365 g/mol. The highest BCUT2D eigenvalue weighted by molar-refractivity contribution is 9.10. The van der Waals surface area contributed by atoms with Gasteiger partial charge in [0.05, 0.1) is 5.56 Å². The van der Waals surface area contributed by atoms with E-state index in [2.05, 4.69) is 26.0 Å². The highest BCUT2D eigenvalue weighted by Gasteiger charge is 2.30. The first-order valence-electron chi connectivity index (χ1n) is 5.97. The molecule has 2 aromatic carbocycles. The standard InChI is InChI=1S/C14H10BrF3N2O2/c15-8-1-6-11(12(19)7-8)13(21)20-9-2-4-10(5-3-9)22-14(16,17)18/h1-7H,19H2,(H,20,21). The smallest absolute Gasteiger partial charge is 0.406 e. The van der Waals surface area contributed by atoms with E-state index < -0.39 is 12.3 Å². The maximum absolute atomic E-state index is 12.0. The van der Waals surface area contributed by atoms with Crippen molar-refractivity contribution in [1.82, 2.24) is 0 Å². The van der Waals surface area contributed by atoms with E-state index >= 15 is 0 Å². The van der Waals surface area contributed by atoms with Crippen LogP contribution in [0, 0.1) is 0 Å². The van der Waals surface area contributed by atoms with Gasteiger partial charge in [-0.15, -0.1) is 13.2 Å². The summed E-state index contributed by atoms with van der Waals surface area (Å²) in [5, 5.41) is 2.54. The highest BCUT2D eigenvalue weighted by Crippen LogP contribution is 2.25. The van der Waals surface area contributed by atoms with E-state index in [0.29, 0.717) is 5.69 Å².